The molecule has 0 aliphatic rings. The van der Waals surface area contributed by atoms with Crippen molar-refractivity contribution in [2.75, 3.05) is 6.61 Å². The van der Waals surface area contributed by atoms with Crippen LogP contribution in [-0.2, 0) is 32.6 Å². The molecule has 2 aromatic carbocycles. The van der Waals surface area contributed by atoms with Crippen molar-refractivity contribution in [2.45, 2.75) is 24.4 Å². The van der Waals surface area contributed by atoms with Crippen LogP contribution in [0.15, 0.2) is 91.5 Å². The highest BCUT2D eigenvalue weighted by atomic mass is 32.2. The van der Waals surface area contributed by atoms with E-state index in [-0.39, 0.29) is 18.0 Å². The van der Waals surface area contributed by atoms with Gasteiger partial charge in [0.1, 0.15) is 5.76 Å². The zero-order valence-corrected chi connectivity index (χ0v) is 18.9. The zero-order valence-electron chi connectivity index (χ0n) is 18.0. The Morgan fingerprint density at radius 1 is 1.06 bits per heavy atom. The Morgan fingerprint density at radius 2 is 1.85 bits per heavy atom. The van der Waals surface area contributed by atoms with Gasteiger partial charge in [-0.3, -0.25) is 4.57 Å². The fraction of sp³-hybridized carbons (Fsp3) is 0.167. The number of aryl methyl sites for hydroxylation is 1. The van der Waals surface area contributed by atoms with Crippen LogP contribution < -0.4 is 10.5 Å². The van der Waals surface area contributed by atoms with E-state index in [1.165, 1.54) is 35.1 Å². The predicted octanol–water partition coefficient (Wildman–Crippen LogP) is 3.31. The molecule has 0 saturated heterocycles. The summed E-state index contributed by atoms with van der Waals surface area (Å²) in [5.41, 5.74) is 1.85. The third-order valence-corrected chi connectivity index (χ3v) is 6.38. The molecule has 2 heterocycles. The van der Waals surface area contributed by atoms with Crippen LogP contribution in [0.2, 0.25) is 0 Å². The number of fused-ring (bicyclic) bond motifs is 1. The molecule has 0 spiro atoms. The summed E-state index contributed by atoms with van der Waals surface area (Å²) in [6.07, 6.45) is 4.71. The number of ether oxygens (including phenoxy) is 1. The van der Waals surface area contributed by atoms with Crippen LogP contribution in [0.25, 0.3) is 17.2 Å². The standard InChI is InChI=1S/C24H22N2O7S/c27-23(32-16-4-14-26-21-6-1-2-7-22(21)33-24(26)28)13-10-18-8-11-20(12-9-18)34(29,30)25-17-19-5-3-15-31-19/h1-3,5-13,15,25H,4,14,16-17H2/b13-10+. The van der Waals surface area contributed by atoms with Crippen molar-refractivity contribution in [2.24, 2.45) is 0 Å². The molecule has 1 N–H and O–H groups in total. The molecule has 0 radical (unpaired) electrons. The first-order chi connectivity index (χ1) is 16.4. The number of carbonyl (C=O) groups excluding carboxylic acids is 1. The van der Waals surface area contributed by atoms with Crippen LogP contribution in [0.3, 0.4) is 0 Å². The molecule has 0 atom stereocenters. The Bertz CT molecular complexity index is 1450. The maximum atomic E-state index is 12.4. The lowest BCUT2D eigenvalue weighted by molar-refractivity contribution is -0.137. The largest absolute Gasteiger partial charge is 0.468 e. The smallest absolute Gasteiger partial charge is 0.419 e. The van der Waals surface area contributed by atoms with Crippen molar-refractivity contribution in [1.82, 2.24) is 9.29 Å². The Labute approximate surface area is 195 Å². The number of carbonyl (C=O) groups is 1. The zero-order chi connectivity index (χ0) is 24.0. The topological polar surface area (TPSA) is 121 Å². The number of hydrogen-bond acceptors (Lipinski definition) is 7. The second-order valence-electron chi connectivity index (χ2n) is 7.31. The molecule has 0 saturated carbocycles. The molecule has 0 aliphatic heterocycles. The number of sulfonamides is 1. The number of nitrogens with zero attached hydrogens (tertiary/aromatic N) is 1. The van der Waals surface area contributed by atoms with E-state index < -0.39 is 21.7 Å². The molecule has 4 aromatic rings. The van der Waals surface area contributed by atoms with Crippen molar-refractivity contribution in [3.63, 3.8) is 0 Å². The van der Waals surface area contributed by atoms with Crippen molar-refractivity contribution < 1.29 is 26.8 Å². The van der Waals surface area contributed by atoms with Gasteiger partial charge < -0.3 is 13.6 Å². The summed E-state index contributed by atoms with van der Waals surface area (Å²) >= 11 is 0. The summed E-state index contributed by atoms with van der Waals surface area (Å²) in [7, 11) is -3.69. The lowest BCUT2D eigenvalue weighted by Crippen LogP contribution is -2.22. The predicted molar refractivity (Wildman–Crippen MR) is 124 cm³/mol. The molecule has 176 valence electrons. The van der Waals surface area contributed by atoms with Gasteiger partial charge in [-0.25, -0.2) is 22.7 Å². The molecule has 0 amide bonds. The van der Waals surface area contributed by atoms with Crippen LogP contribution in [0.1, 0.15) is 17.7 Å². The highest BCUT2D eigenvalue weighted by Gasteiger charge is 2.14. The number of para-hydroxylation sites is 2. The van der Waals surface area contributed by atoms with Gasteiger partial charge in [0.15, 0.2) is 5.58 Å². The molecule has 34 heavy (non-hydrogen) atoms. The maximum Gasteiger partial charge on any atom is 0.419 e. The van der Waals surface area contributed by atoms with Gasteiger partial charge in [-0.15, -0.1) is 0 Å². The van der Waals surface area contributed by atoms with Crippen molar-refractivity contribution in [3.05, 3.63) is 94.9 Å². The third-order valence-electron chi connectivity index (χ3n) is 4.96. The molecule has 2 aromatic heterocycles. The average Bonchev–Trinajstić information content (AvgIpc) is 3.47. The molecule has 9 nitrogen and oxygen atoms in total. The summed E-state index contributed by atoms with van der Waals surface area (Å²) in [6, 6.07) is 16.5. The molecular formula is C24H22N2O7S. The van der Waals surface area contributed by atoms with E-state index in [2.05, 4.69) is 4.72 Å². The summed E-state index contributed by atoms with van der Waals surface area (Å²) in [5, 5.41) is 0. The van der Waals surface area contributed by atoms with Gasteiger partial charge in [0.05, 0.1) is 29.8 Å². The number of rotatable bonds is 10. The van der Waals surface area contributed by atoms with Crippen LogP contribution >= 0.6 is 0 Å². The monoisotopic (exact) mass is 482 g/mol. The first-order valence-electron chi connectivity index (χ1n) is 10.5. The molecule has 10 heteroatoms. The summed E-state index contributed by atoms with van der Waals surface area (Å²) in [4.78, 5) is 24.0. The first kappa shape index (κ1) is 23.3. The minimum atomic E-state index is -3.69. The average molecular weight is 483 g/mol. The summed E-state index contributed by atoms with van der Waals surface area (Å²) in [6.45, 7) is 0.540. The first-order valence-corrected chi connectivity index (χ1v) is 12.0. The number of nitrogens with one attached hydrogen (secondary N) is 1. The lowest BCUT2D eigenvalue weighted by Gasteiger charge is -2.06. The van der Waals surface area contributed by atoms with Crippen LogP contribution in [0.4, 0.5) is 0 Å². The molecular weight excluding hydrogens is 460 g/mol. The van der Waals surface area contributed by atoms with Crippen LogP contribution in [0, 0.1) is 0 Å². The lowest BCUT2D eigenvalue weighted by atomic mass is 10.2. The van der Waals surface area contributed by atoms with E-state index in [4.69, 9.17) is 13.6 Å². The van der Waals surface area contributed by atoms with Gasteiger partial charge in [0.25, 0.3) is 0 Å². The summed E-state index contributed by atoms with van der Waals surface area (Å²) in [5.74, 6) is -0.484. The highest BCUT2D eigenvalue weighted by Crippen LogP contribution is 2.14. The SMILES string of the molecule is O=C(/C=C/c1ccc(S(=O)(=O)NCc2ccco2)cc1)OCCCn1c(=O)oc2ccccc21. The van der Waals surface area contributed by atoms with Crippen molar-refractivity contribution in [1.29, 1.82) is 0 Å². The Morgan fingerprint density at radius 3 is 2.62 bits per heavy atom. The number of furan rings is 1. The second kappa shape index (κ2) is 10.4. The van der Waals surface area contributed by atoms with E-state index in [0.717, 1.165) is 0 Å². The number of esters is 1. The fourth-order valence-corrected chi connectivity index (χ4v) is 4.25. The van der Waals surface area contributed by atoms with Gasteiger partial charge in [-0.05, 0) is 54.5 Å². The quantitative estimate of drug-likeness (QED) is 0.209. The van der Waals surface area contributed by atoms with Crippen molar-refractivity contribution >= 4 is 33.2 Å². The van der Waals surface area contributed by atoms with Gasteiger partial charge in [-0.2, -0.15) is 0 Å². The number of hydrogen-bond donors (Lipinski definition) is 1. The van der Waals surface area contributed by atoms with E-state index in [0.29, 0.717) is 35.4 Å². The number of aromatic nitrogens is 1. The fourth-order valence-electron chi connectivity index (χ4n) is 3.25. The maximum absolute atomic E-state index is 12.4. The Hall–Kier alpha value is -3.89. The second-order valence-corrected chi connectivity index (χ2v) is 9.08. The molecule has 0 aliphatic carbocycles. The van der Waals surface area contributed by atoms with E-state index >= 15 is 0 Å². The van der Waals surface area contributed by atoms with Gasteiger partial charge >= 0.3 is 11.7 Å². The number of oxazole rings is 1. The molecule has 4 rings (SSSR count). The molecule has 0 fully saturated rings. The minimum Gasteiger partial charge on any atom is -0.468 e. The Kier molecular flexibility index (Phi) is 7.09. The highest BCUT2D eigenvalue weighted by molar-refractivity contribution is 7.89. The molecule has 0 bridgehead atoms. The van der Waals surface area contributed by atoms with E-state index in [9.17, 15) is 18.0 Å². The minimum absolute atomic E-state index is 0.0499. The molecule has 0 unspecified atom stereocenters. The van der Waals surface area contributed by atoms with Gasteiger partial charge in [0.2, 0.25) is 10.0 Å². The van der Waals surface area contributed by atoms with E-state index in [1.54, 1.807) is 42.5 Å². The van der Waals surface area contributed by atoms with Crippen LogP contribution in [0.5, 0.6) is 0 Å². The van der Waals surface area contributed by atoms with Gasteiger partial charge in [-0.1, -0.05) is 24.3 Å². The summed E-state index contributed by atoms with van der Waals surface area (Å²) < 4.78 is 44.1. The Balaban J connectivity index is 1.25. The van der Waals surface area contributed by atoms with Gasteiger partial charge in [0, 0.05) is 12.6 Å². The normalized spacial score (nSPS) is 11.9. The van der Waals surface area contributed by atoms with Crippen LogP contribution in [-0.4, -0.2) is 25.6 Å². The third kappa shape index (κ3) is 5.72. The van der Waals surface area contributed by atoms with Crippen molar-refractivity contribution in [3.8, 4) is 0 Å². The number of benzene rings is 2. The van der Waals surface area contributed by atoms with E-state index in [1.807, 2.05) is 6.07 Å².